The third-order valence-electron chi connectivity index (χ3n) is 5.16. The Morgan fingerprint density at radius 2 is 1.55 bits per heavy atom. The fraction of sp³-hybridized carbons (Fsp3) is 0.280. The second-order valence-corrected chi connectivity index (χ2v) is 7.10. The van der Waals surface area contributed by atoms with Crippen LogP contribution in [0.25, 0.3) is 0 Å². The molecule has 1 heterocycles. The zero-order valence-electron chi connectivity index (χ0n) is 17.7. The van der Waals surface area contributed by atoms with Gasteiger partial charge < -0.3 is 29.0 Å². The number of rotatable bonds is 9. The minimum atomic E-state index is -0.168. The molecule has 0 aromatic heterocycles. The molecule has 162 valence electrons. The number of methoxy groups -OCH3 is 2. The quantitative estimate of drug-likeness (QED) is 0.521. The van der Waals surface area contributed by atoms with Gasteiger partial charge in [-0.1, -0.05) is 48.5 Å². The van der Waals surface area contributed by atoms with Gasteiger partial charge in [-0.15, -0.1) is 0 Å². The van der Waals surface area contributed by atoms with E-state index >= 15 is 0 Å². The topological polar surface area (TPSA) is 58.2 Å². The lowest BCUT2D eigenvalue weighted by Gasteiger charge is -2.33. The molecule has 0 radical (unpaired) electrons. The van der Waals surface area contributed by atoms with Gasteiger partial charge in [0.1, 0.15) is 13.2 Å². The summed E-state index contributed by atoms with van der Waals surface area (Å²) in [5, 5.41) is 3.57. The van der Waals surface area contributed by atoms with Crippen LogP contribution in [0.15, 0.2) is 72.8 Å². The van der Waals surface area contributed by atoms with Crippen LogP contribution in [0.5, 0.6) is 28.7 Å². The van der Waals surface area contributed by atoms with Gasteiger partial charge in [0.25, 0.3) is 0 Å². The standard InChI is InChI=1S/C25H27NO5/c1-27-21-13-8-14-22(28-2)25(21)29-16-15-26-24(18-9-4-3-5-10-18)23-17-30-19-11-6-7-12-20(19)31-23/h3-14,23-24,26H,15-17H2,1-2H3/t23-,24?/m0/s1. The van der Waals surface area contributed by atoms with E-state index in [-0.39, 0.29) is 12.1 Å². The lowest BCUT2D eigenvalue weighted by molar-refractivity contribution is 0.0604. The first-order chi connectivity index (χ1) is 15.3. The molecule has 1 unspecified atom stereocenters. The van der Waals surface area contributed by atoms with Gasteiger partial charge in [0.05, 0.1) is 20.3 Å². The van der Waals surface area contributed by atoms with E-state index in [1.54, 1.807) is 14.2 Å². The lowest BCUT2D eigenvalue weighted by atomic mass is 10.0. The average molecular weight is 421 g/mol. The Balaban J connectivity index is 1.44. The summed E-state index contributed by atoms with van der Waals surface area (Å²) < 4.78 is 29.0. The molecule has 4 rings (SSSR count). The summed E-state index contributed by atoms with van der Waals surface area (Å²) >= 11 is 0. The highest BCUT2D eigenvalue weighted by molar-refractivity contribution is 5.51. The van der Waals surface area contributed by atoms with Crippen molar-refractivity contribution in [2.45, 2.75) is 12.1 Å². The molecule has 0 bridgehead atoms. The monoisotopic (exact) mass is 421 g/mol. The van der Waals surface area contributed by atoms with E-state index in [0.29, 0.717) is 37.0 Å². The Kier molecular flexibility index (Phi) is 6.79. The van der Waals surface area contributed by atoms with Crippen LogP contribution in [0.2, 0.25) is 0 Å². The largest absolute Gasteiger partial charge is 0.493 e. The average Bonchev–Trinajstić information content (AvgIpc) is 2.84. The summed E-state index contributed by atoms with van der Waals surface area (Å²) in [6.45, 7) is 1.50. The number of hydrogen-bond acceptors (Lipinski definition) is 6. The van der Waals surface area contributed by atoms with Crippen LogP contribution in [0.3, 0.4) is 0 Å². The van der Waals surface area contributed by atoms with Crippen molar-refractivity contribution in [3.05, 3.63) is 78.4 Å². The zero-order chi connectivity index (χ0) is 21.5. The maximum Gasteiger partial charge on any atom is 0.203 e. The van der Waals surface area contributed by atoms with E-state index in [4.69, 9.17) is 23.7 Å². The molecule has 0 amide bonds. The van der Waals surface area contributed by atoms with E-state index in [1.807, 2.05) is 60.7 Å². The van der Waals surface area contributed by atoms with Crippen molar-refractivity contribution in [2.75, 3.05) is 34.0 Å². The molecule has 3 aromatic rings. The molecule has 1 aliphatic heterocycles. The van der Waals surface area contributed by atoms with Crippen molar-refractivity contribution in [1.82, 2.24) is 5.32 Å². The van der Waals surface area contributed by atoms with E-state index in [0.717, 1.165) is 17.1 Å². The molecule has 0 aliphatic carbocycles. The number of para-hydroxylation sites is 3. The van der Waals surface area contributed by atoms with Crippen LogP contribution in [0, 0.1) is 0 Å². The lowest BCUT2D eigenvalue weighted by Crippen LogP contribution is -2.42. The highest BCUT2D eigenvalue weighted by Gasteiger charge is 2.29. The summed E-state index contributed by atoms with van der Waals surface area (Å²) in [5.41, 5.74) is 1.13. The van der Waals surface area contributed by atoms with Crippen LogP contribution in [0.1, 0.15) is 11.6 Å². The van der Waals surface area contributed by atoms with E-state index in [2.05, 4.69) is 17.4 Å². The minimum absolute atomic E-state index is 0.0577. The Labute approximate surface area is 182 Å². The van der Waals surface area contributed by atoms with Gasteiger partial charge in [0.15, 0.2) is 29.1 Å². The number of nitrogens with one attached hydrogen (secondary N) is 1. The molecule has 6 nitrogen and oxygen atoms in total. The van der Waals surface area contributed by atoms with Gasteiger partial charge in [-0.2, -0.15) is 0 Å². The van der Waals surface area contributed by atoms with Crippen molar-refractivity contribution < 1.29 is 23.7 Å². The fourth-order valence-electron chi connectivity index (χ4n) is 3.65. The highest BCUT2D eigenvalue weighted by Crippen LogP contribution is 2.37. The van der Waals surface area contributed by atoms with Crippen LogP contribution >= 0.6 is 0 Å². The number of fused-ring (bicyclic) bond motifs is 1. The normalized spacial score (nSPS) is 15.7. The molecule has 0 saturated heterocycles. The van der Waals surface area contributed by atoms with Crippen LogP contribution in [-0.4, -0.2) is 40.1 Å². The van der Waals surface area contributed by atoms with Crippen LogP contribution in [-0.2, 0) is 0 Å². The van der Waals surface area contributed by atoms with Gasteiger partial charge in [0.2, 0.25) is 5.75 Å². The highest BCUT2D eigenvalue weighted by atomic mass is 16.6. The molecule has 0 saturated carbocycles. The fourth-order valence-corrected chi connectivity index (χ4v) is 3.65. The molecule has 31 heavy (non-hydrogen) atoms. The second kappa shape index (κ2) is 10.1. The summed E-state index contributed by atoms with van der Waals surface area (Å²) in [5.74, 6) is 3.41. The molecular formula is C25H27NO5. The van der Waals surface area contributed by atoms with Crippen LogP contribution < -0.4 is 29.0 Å². The molecular weight excluding hydrogens is 394 g/mol. The van der Waals surface area contributed by atoms with Crippen molar-refractivity contribution in [2.24, 2.45) is 0 Å². The first kappa shape index (κ1) is 20.9. The smallest absolute Gasteiger partial charge is 0.203 e. The Bertz CT molecular complexity index is 956. The third kappa shape index (κ3) is 4.86. The molecule has 0 spiro atoms. The summed E-state index contributed by atoms with van der Waals surface area (Å²) in [6.07, 6.45) is -0.168. The van der Waals surface area contributed by atoms with Crippen molar-refractivity contribution in [1.29, 1.82) is 0 Å². The van der Waals surface area contributed by atoms with E-state index in [1.165, 1.54) is 0 Å². The number of ether oxygens (including phenoxy) is 5. The number of benzene rings is 3. The molecule has 3 aromatic carbocycles. The summed E-state index contributed by atoms with van der Waals surface area (Å²) in [7, 11) is 3.23. The van der Waals surface area contributed by atoms with Gasteiger partial charge >= 0.3 is 0 Å². The van der Waals surface area contributed by atoms with Crippen LogP contribution in [0.4, 0.5) is 0 Å². The van der Waals surface area contributed by atoms with Crippen molar-refractivity contribution in [3.63, 3.8) is 0 Å². The zero-order valence-corrected chi connectivity index (χ0v) is 17.7. The first-order valence-corrected chi connectivity index (χ1v) is 10.3. The Morgan fingerprint density at radius 3 is 2.26 bits per heavy atom. The predicted octanol–water partition coefficient (Wildman–Crippen LogP) is 4.25. The van der Waals surface area contributed by atoms with Gasteiger partial charge in [-0.3, -0.25) is 0 Å². The SMILES string of the molecule is COc1cccc(OC)c1OCCNC(c1ccccc1)[C@@H]1COc2ccccc2O1. The second-order valence-electron chi connectivity index (χ2n) is 7.10. The van der Waals surface area contributed by atoms with E-state index < -0.39 is 0 Å². The van der Waals surface area contributed by atoms with E-state index in [9.17, 15) is 0 Å². The maximum atomic E-state index is 6.27. The number of hydrogen-bond donors (Lipinski definition) is 1. The first-order valence-electron chi connectivity index (χ1n) is 10.3. The van der Waals surface area contributed by atoms with Gasteiger partial charge in [-0.05, 0) is 29.8 Å². The van der Waals surface area contributed by atoms with Crippen molar-refractivity contribution >= 4 is 0 Å². The van der Waals surface area contributed by atoms with Gasteiger partial charge in [-0.25, -0.2) is 0 Å². The summed E-state index contributed by atoms with van der Waals surface area (Å²) in [6, 6.07) is 23.5. The molecule has 1 aliphatic rings. The minimum Gasteiger partial charge on any atom is -0.493 e. The summed E-state index contributed by atoms with van der Waals surface area (Å²) in [4.78, 5) is 0. The Hall–Kier alpha value is -3.38. The molecule has 6 heteroatoms. The third-order valence-corrected chi connectivity index (χ3v) is 5.16. The molecule has 2 atom stereocenters. The predicted molar refractivity (Wildman–Crippen MR) is 119 cm³/mol. The van der Waals surface area contributed by atoms with Crippen molar-refractivity contribution in [3.8, 4) is 28.7 Å². The molecule has 1 N–H and O–H groups in total. The maximum absolute atomic E-state index is 6.27. The molecule has 0 fully saturated rings. The Morgan fingerprint density at radius 1 is 0.871 bits per heavy atom. The van der Waals surface area contributed by atoms with Gasteiger partial charge in [0, 0.05) is 6.54 Å².